The molecular formula is C15H14ClF2NO. The maximum absolute atomic E-state index is 14.2. The highest BCUT2D eigenvalue weighted by Crippen LogP contribution is 2.33. The van der Waals surface area contributed by atoms with Crippen LogP contribution >= 0.6 is 11.6 Å². The Bertz CT molecular complexity index is 619. The Kier molecular flexibility index (Phi) is 4.57. The number of nitrogens with one attached hydrogen (secondary N) is 1. The van der Waals surface area contributed by atoms with Gasteiger partial charge in [0.15, 0.2) is 0 Å². The average molecular weight is 298 g/mol. The molecule has 0 bridgehead atoms. The lowest BCUT2D eigenvalue weighted by atomic mass is 9.97. The fourth-order valence-corrected chi connectivity index (χ4v) is 2.33. The second-order valence-electron chi connectivity index (χ2n) is 4.25. The van der Waals surface area contributed by atoms with Gasteiger partial charge in [-0.15, -0.1) is 0 Å². The van der Waals surface area contributed by atoms with Crippen molar-refractivity contribution in [3.8, 4) is 5.75 Å². The monoisotopic (exact) mass is 297 g/mol. The van der Waals surface area contributed by atoms with Crippen LogP contribution in [0.1, 0.15) is 17.2 Å². The van der Waals surface area contributed by atoms with Gasteiger partial charge in [0.05, 0.1) is 18.2 Å². The van der Waals surface area contributed by atoms with Crippen LogP contribution in [0.5, 0.6) is 5.75 Å². The molecule has 2 aromatic carbocycles. The van der Waals surface area contributed by atoms with Gasteiger partial charge in [-0.05, 0) is 31.3 Å². The van der Waals surface area contributed by atoms with E-state index in [9.17, 15) is 8.78 Å². The molecule has 0 aromatic heterocycles. The van der Waals surface area contributed by atoms with Crippen LogP contribution < -0.4 is 10.1 Å². The van der Waals surface area contributed by atoms with Gasteiger partial charge >= 0.3 is 0 Å². The summed E-state index contributed by atoms with van der Waals surface area (Å²) in [5.74, 6) is -0.464. The van der Waals surface area contributed by atoms with Crippen molar-refractivity contribution in [2.75, 3.05) is 14.2 Å². The van der Waals surface area contributed by atoms with Crippen molar-refractivity contribution >= 4 is 11.6 Å². The van der Waals surface area contributed by atoms with E-state index in [1.54, 1.807) is 19.2 Å². The minimum Gasteiger partial charge on any atom is -0.496 e. The van der Waals surface area contributed by atoms with Gasteiger partial charge < -0.3 is 10.1 Å². The zero-order chi connectivity index (χ0) is 14.7. The van der Waals surface area contributed by atoms with Crippen molar-refractivity contribution in [2.24, 2.45) is 0 Å². The largest absolute Gasteiger partial charge is 0.496 e. The predicted molar refractivity (Wildman–Crippen MR) is 75.3 cm³/mol. The molecule has 106 valence electrons. The van der Waals surface area contributed by atoms with E-state index in [0.717, 1.165) is 0 Å². The summed E-state index contributed by atoms with van der Waals surface area (Å²) in [5, 5.41) is 2.99. The highest BCUT2D eigenvalue weighted by molar-refractivity contribution is 6.30. The minimum atomic E-state index is -0.556. The minimum absolute atomic E-state index is 0.0260. The van der Waals surface area contributed by atoms with E-state index in [0.29, 0.717) is 16.9 Å². The molecule has 0 saturated heterocycles. The second kappa shape index (κ2) is 6.20. The number of hydrogen-bond acceptors (Lipinski definition) is 2. The Morgan fingerprint density at radius 3 is 2.55 bits per heavy atom. The summed E-state index contributed by atoms with van der Waals surface area (Å²) >= 11 is 5.80. The molecule has 20 heavy (non-hydrogen) atoms. The van der Waals surface area contributed by atoms with Crippen molar-refractivity contribution in [1.82, 2.24) is 5.32 Å². The molecule has 0 fully saturated rings. The molecule has 0 saturated carbocycles. The Balaban J connectivity index is 2.58. The van der Waals surface area contributed by atoms with Gasteiger partial charge in [-0.25, -0.2) is 8.78 Å². The summed E-state index contributed by atoms with van der Waals surface area (Å²) in [6.07, 6.45) is 0. The first-order valence-corrected chi connectivity index (χ1v) is 6.41. The molecule has 0 aliphatic rings. The van der Waals surface area contributed by atoms with Gasteiger partial charge in [0.25, 0.3) is 0 Å². The van der Waals surface area contributed by atoms with E-state index in [-0.39, 0.29) is 5.02 Å². The van der Waals surface area contributed by atoms with Crippen LogP contribution in [0.25, 0.3) is 0 Å². The number of benzene rings is 2. The van der Waals surface area contributed by atoms with Crippen molar-refractivity contribution in [1.29, 1.82) is 0 Å². The lowest BCUT2D eigenvalue weighted by molar-refractivity contribution is 0.403. The lowest BCUT2D eigenvalue weighted by Crippen LogP contribution is -2.20. The van der Waals surface area contributed by atoms with E-state index >= 15 is 0 Å². The number of hydrogen-bond donors (Lipinski definition) is 1. The Labute approximate surface area is 121 Å². The van der Waals surface area contributed by atoms with Crippen LogP contribution in [-0.2, 0) is 0 Å². The zero-order valence-electron chi connectivity index (χ0n) is 11.1. The molecule has 0 radical (unpaired) electrons. The molecule has 0 heterocycles. The smallest absolute Gasteiger partial charge is 0.146 e. The Morgan fingerprint density at radius 1 is 1.15 bits per heavy atom. The van der Waals surface area contributed by atoms with Crippen LogP contribution in [0, 0.1) is 11.6 Å². The predicted octanol–water partition coefficient (Wildman–Crippen LogP) is 3.94. The molecule has 2 aromatic rings. The zero-order valence-corrected chi connectivity index (χ0v) is 11.8. The number of methoxy groups -OCH3 is 1. The van der Waals surface area contributed by atoms with Gasteiger partial charge in [0, 0.05) is 11.1 Å². The third-order valence-electron chi connectivity index (χ3n) is 3.08. The summed E-state index contributed by atoms with van der Waals surface area (Å²) in [5.41, 5.74) is 0.847. The number of halogens is 3. The van der Waals surface area contributed by atoms with Gasteiger partial charge in [0.1, 0.15) is 17.4 Å². The summed E-state index contributed by atoms with van der Waals surface area (Å²) in [6, 6.07) is 8.29. The maximum atomic E-state index is 14.2. The van der Waals surface area contributed by atoms with E-state index in [2.05, 4.69) is 5.32 Å². The van der Waals surface area contributed by atoms with Gasteiger partial charge in [-0.2, -0.15) is 0 Å². The van der Waals surface area contributed by atoms with E-state index in [4.69, 9.17) is 16.3 Å². The van der Waals surface area contributed by atoms with Crippen molar-refractivity contribution in [3.05, 3.63) is 64.2 Å². The first-order valence-electron chi connectivity index (χ1n) is 6.03. The summed E-state index contributed by atoms with van der Waals surface area (Å²) in [6.45, 7) is 0. The van der Waals surface area contributed by atoms with Crippen LogP contribution in [0.4, 0.5) is 8.78 Å². The molecule has 0 aliphatic carbocycles. The van der Waals surface area contributed by atoms with E-state index in [1.807, 2.05) is 0 Å². The van der Waals surface area contributed by atoms with E-state index < -0.39 is 17.7 Å². The molecule has 1 N–H and O–H groups in total. The van der Waals surface area contributed by atoms with Crippen LogP contribution in [-0.4, -0.2) is 14.2 Å². The quantitative estimate of drug-likeness (QED) is 0.923. The lowest BCUT2D eigenvalue weighted by Gasteiger charge is -2.20. The SMILES string of the molecule is CNC(c1cc(F)ccc1OC)c1cccc(Cl)c1F. The molecular weight excluding hydrogens is 284 g/mol. The fraction of sp³-hybridized carbons (Fsp3) is 0.200. The first kappa shape index (κ1) is 14.8. The third kappa shape index (κ3) is 2.76. The van der Waals surface area contributed by atoms with Crippen molar-refractivity contribution in [2.45, 2.75) is 6.04 Å². The molecule has 0 amide bonds. The molecule has 5 heteroatoms. The average Bonchev–Trinajstić information content (AvgIpc) is 2.44. The highest BCUT2D eigenvalue weighted by atomic mass is 35.5. The molecule has 1 unspecified atom stereocenters. The van der Waals surface area contributed by atoms with Crippen molar-refractivity contribution < 1.29 is 13.5 Å². The molecule has 0 aliphatic heterocycles. The number of ether oxygens (including phenoxy) is 1. The summed E-state index contributed by atoms with van der Waals surface area (Å²) in [4.78, 5) is 0. The second-order valence-corrected chi connectivity index (χ2v) is 4.66. The summed E-state index contributed by atoms with van der Waals surface area (Å²) in [7, 11) is 3.15. The standard InChI is InChI=1S/C15H14ClF2NO/c1-19-15(10-4-3-5-12(16)14(10)18)11-8-9(17)6-7-13(11)20-2/h3-8,15,19H,1-2H3. The normalized spacial score (nSPS) is 12.2. The van der Waals surface area contributed by atoms with Gasteiger partial charge in [0.2, 0.25) is 0 Å². The van der Waals surface area contributed by atoms with Crippen LogP contribution in [0.15, 0.2) is 36.4 Å². The first-order chi connectivity index (χ1) is 9.58. The maximum Gasteiger partial charge on any atom is 0.146 e. The molecule has 1 atom stereocenters. The van der Waals surface area contributed by atoms with E-state index in [1.165, 1.54) is 31.4 Å². The van der Waals surface area contributed by atoms with Crippen LogP contribution in [0.3, 0.4) is 0 Å². The van der Waals surface area contributed by atoms with Crippen LogP contribution in [0.2, 0.25) is 5.02 Å². The van der Waals surface area contributed by atoms with Crippen molar-refractivity contribution in [3.63, 3.8) is 0 Å². The third-order valence-corrected chi connectivity index (χ3v) is 3.38. The van der Waals surface area contributed by atoms with Gasteiger partial charge in [-0.1, -0.05) is 23.7 Å². The Morgan fingerprint density at radius 2 is 1.90 bits per heavy atom. The Hall–Kier alpha value is -1.65. The number of rotatable bonds is 4. The highest BCUT2D eigenvalue weighted by Gasteiger charge is 2.21. The molecule has 2 rings (SSSR count). The summed E-state index contributed by atoms with van der Waals surface area (Å²) < 4.78 is 32.8. The fourth-order valence-electron chi connectivity index (χ4n) is 2.15. The topological polar surface area (TPSA) is 21.3 Å². The van der Waals surface area contributed by atoms with Gasteiger partial charge in [-0.3, -0.25) is 0 Å². The molecule has 0 spiro atoms. The molecule has 2 nitrogen and oxygen atoms in total.